The van der Waals surface area contributed by atoms with Crippen LogP contribution in [0, 0.1) is 0 Å². The molecule has 9 nitrogen and oxygen atoms in total. The minimum Gasteiger partial charge on any atom is -0.455 e. The zero-order valence-corrected chi connectivity index (χ0v) is 16.8. The Kier molecular flexibility index (Phi) is 7.74. The number of rotatable bonds is 9. The van der Waals surface area contributed by atoms with Crippen molar-refractivity contribution in [1.29, 1.82) is 0 Å². The quantitative estimate of drug-likeness (QED) is 0.394. The van der Waals surface area contributed by atoms with Crippen LogP contribution in [0.4, 0.5) is 0 Å². The normalized spacial score (nSPS) is 24.4. The second-order valence-corrected chi connectivity index (χ2v) is 8.33. The second-order valence-electron chi connectivity index (χ2n) is 6.66. The first-order valence-corrected chi connectivity index (χ1v) is 10.7. The molecule has 0 spiro atoms. The van der Waals surface area contributed by atoms with Crippen LogP contribution in [0.2, 0.25) is 0 Å². The molecule has 162 valence electrons. The molecule has 0 saturated carbocycles. The summed E-state index contributed by atoms with van der Waals surface area (Å²) in [5, 5.41) is 29.2. The summed E-state index contributed by atoms with van der Waals surface area (Å²) in [6.07, 6.45) is -6.61. The molecule has 0 radical (unpaired) electrons. The van der Waals surface area contributed by atoms with Crippen molar-refractivity contribution in [1.82, 2.24) is 0 Å². The van der Waals surface area contributed by atoms with Crippen LogP contribution in [-0.4, -0.2) is 52.3 Å². The molecule has 1 aliphatic heterocycles. The van der Waals surface area contributed by atoms with Gasteiger partial charge in [0.05, 0.1) is 19.8 Å². The van der Waals surface area contributed by atoms with E-state index in [4.69, 9.17) is 18.3 Å². The Bertz CT molecular complexity index is 814. The maximum absolute atomic E-state index is 13.1. The highest BCUT2D eigenvalue weighted by atomic mass is 31.2. The fourth-order valence-electron chi connectivity index (χ4n) is 2.70. The van der Waals surface area contributed by atoms with Gasteiger partial charge in [-0.2, -0.15) is 0 Å². The van der Waals surface area contributed by atoms with E-state index in [1.807, 2.05) is 12.1 Å². The molecule has 1 heterocycles. The number of cyclic esters (lactones) is 1. The summed E-state index contributed by atoms with van der Waals surface area (Å²) in [6, 6.07) is 17.9. The Labute approximate surface area is 173 Å². The molecule has 0 aliphatic carbocycles. The fourth-order valence-corrected chi connectivity index (χ4v) is 3.87. The first-order chi connectivity index (χ1) is 14.4. The molecule has 3 rings (SSSR count). The van der Waals surface area contributed by atoms with E-state index in [1.165, 1.54) is 0 Å². The van der Waals surface area contributed by atoms with Gasteiger partial charge in [0, 0.05) is 0 Å². The van der Waals surface area contributed by atoms with Crippen molar-refractivity contribution in [3.63, 3.8) is 0 Å². The van der Waals surface area contributed by atoms with E-state index < -0.39 is 44.8 Å². The van der Waals surface area contributed by atoms with Gasteiger partial charge in [0.15, 0.2) is 12.2 Å². The number of carbonyl (C=O) groups is 1. The predicted octanol–water partition coefficient (Wildman–Crippen LogP) is 1.55. The molecule has 1 aliphatic rings. The smallest absolute Gasteiger partial charge is 0.455 e. The largest absolute Gasteiger partial charge is 0.475 e. The van der Waals surface area contributed by atoms with Crippen molar-refractivity contribution in [2.75, 3.05) is 6.61 Å². The third-order valence-electron chi connectivity index (χ3n) is 4.42. The lowest BCUT2D eigenvalue weighted by Gasteiger charge is -2.34. The zero-order valence-electron chi connectivity index (χ0n) is 15.9. The van der Waals surface area contributed by atoms with Gasteiger partial charge in [-0.05, 0) is 11.1 Å². The summed E-state index contributed by atoms with van der Waals surface area (Å²) >= 11 is 0. The van der Waals surface area contributed by atoms with Gasteiger partial charge in [0.2, 0.25) is 0 Å². The van der Waals surface area contributed by atoms with Crippen LogP contribution in [-0.2, 0) is 40.9 Å². The molecule has 2 aromatic rings. The number of esters is 1. The van der Waals surface area contributed by atoms with Crippen LogP contribution in [0.25, 0.3) is 0 Å². The summed E-state index contributed by atoms with van der Waals surface area (Å²) in [5.74, 6) is -1.12. The number of phosphoric acid groups is 1. The van der Waals surface area contributed by atoms with E-state index >= 15 is 0 Å². The molecule has 0 bridgehead atoms. The molecule has 10 heteroatoms. The maximum atomic E-state index is 13.1. The van der Waals surface area contributed by atoms with Crippen LogP contribution in [0.1, 0.15) is 11.1 Å². The predicted molar refractivity (Wildman–Crippen MR) is 104 cm³/mol. The molecular formula is C20H23O9P. The van der Waals surface area contributed by atoms with Crippen molar-refractivity contribution in [2.45, 2.75) is 37.6 Å². The average Bonchev–Trinajstić information content (AvgIpc) is 2.78. The monoisotopic (exact) mass is 438 g/mol. The van der Waals surface area contributed by atoms with Crippen LogP contribution < -0.4 is 0 Å². The number of hydrogen-bond donors (Lipinski definition) is 3. The minimum absolute atomic E-state index is 0.0682. The molecule has 1 fully saturated rings. The average molecular weight is 438 g/mol. The Morgan fingerprint density at radius 2 is 1.30 bits per heavy atom. The topological polar surface area (TPSA) is 132 Å². The Hall–Kier alpha value is -2.10. The van der Waals surface area contributed by atoms with E-state index in [0.717, 1.165) is 11.1 Å². The number of phosphoric ester groups is 1. The number of hydrogen-bond acceptors (Lipinski definition) is 9. The third-order valence-corrected chi connectivity index (χ3v) is 5.78. The lowest BCUT2D eigenvalue weighted by atomic mass is 10.0. The molecular weight excluding hydrogens is 415 g/mol. The number of benzene rings is 2. The number of aliphatic hydroxyl groups excluding tert-OH is 3. The zero-order chi connectivity index (χ0) is 21.6. The van der Waals surface area contributed by atoms with Gasteiger partial charge in [0.25, 0.3) is 0 Å². The lowest BCUT2D eigenvalue weighted by molar-refractivity contribution is -0.206. The molecule has 30 heavy (non-hydrogen) atoms. The molecule has 0 unspecified atom stereocenters. The number of carbonyl (C=O) groups excluding carboxylic acids is 1. The van der Waals surface area contributed by atoms with Gasteiger partial charge >= 0.3 is 13.8 Å². The highest BCUT2D eigenvalue weighted by Gasteiger charge is 2.45. The van der Waals surface area contributed by atoms with Gasteiger partial charge in [-0.15, -0.1) is 0 Å². The summed E-state index contributed by atoms with van der Waals surface area (Å²) in [7, 11) is -4.14. The summed E-state index contributed by atoms with van der Waals surface area (Å²) in [4.78, 5) is 11.6. The van der Waals surface area contributed by atoms with Crippen molar-refractivity contribution in [2.24, 2.45) is 0 Å². The highest BCUT2D eigenvalue weighted by Crippen LogP contribution is 2.51. The highest BCUT2D eigenvalue weighted by molar-refractivity contribution is 7.48. The Morgan fingerprint density at radius 1 is 0.800 bits per heavy atom. The van der Waals surface area contributed by atoms with E-state index in [1.54, 1.807) is 48.5 Å². The third kappa shape index (κ3) is 5.96. The Morgan fingerprint density at radius 3 is 1.80 bits per heavy atom. The van der Waals surface area contributed by atoms with Crippen LogP contribution in [0.3, 0.4) is 0 Å². The van der Waals surface area contributed by atoms with E-state index in [9.17, 15) is 24.7 Å². The molecule has 4 atom stereocenters. The van der Waals surface area contributed by atoms with Crippen molar-refractivity contribution >= 4 is 13.8 Å². The molecule has 1 saturated heterocycles. The van der Waals surface area contributed by atoms with Gasteiger partial charge < -0.3 is 20.1 Å². The molecule has 0 aromatic heterocycles. The lowest BCUT2D eigenvalue weighted by Crippen LogP contribution is -2.56. The Balaban J connectivity index is 1.66. The summed E-state index contributed by atoms with van der Waals surface area (Å²) in [6.45, 7) is -0.708. The van der Waals surface area contributed by atoms with Crippen molar-refractivity contribution in [3.05, 3.63) is 71.8 Å². The summed E-state index contributed by atoms with van der Waals surface area (Å²) < 4.78 is 34.1. The first kappa shape index (κ1) is 22.6. The van der Waals surface area contributed by atoms with Crippen molar-refractivity contribution in [3.8, 4) is 0 Å². The maximum Gasteiger partial charge on any atom is 0.475 e. The first-order valence-electron chi connectivity index (χ1n) is 9.24. The second kappa shape index (κ2) is 10.3. The van der Waals surface area contributed by atoms with Crippen molar-refractivity contribution < 1.29 is 43.0 Å². The van der Waals surface area contributed by atoms with Gasteiger partial charge in [-0.3, -0.25) is 13.6 Å². The van der Waals surface area contributed by atoms with E-state index in [2.05, 4.69) is 0 Å². The number of ether oxygens (including phenoxy) is 1. The van der Waals surface area contributed by atoms with Crippen LogP contribution in [0.5, 0.6) is 0 Å². The van der Waals surface area contributed by atoms with Crippen LogP contribution in [0.15, 0.2) is 60.7 Å². The minimum atomic E-state index is -4.14. The number of aliphatic hydroxyl groups is 3. The molecule has 3 N–H and O–H groups in total. The van der Waals surface area contributed by atoms with Crippen LogP contribution >= 0.6 is 7.82 Å². The van der Waals surface area contributed by atoms with Gasteiger partial charge in [0.1, 0.15) is 12.2 Å². The van der Waals surface area contributed by atoms with E-state index in [0.29, 0.717) is 0 Å². The summed E-state index contributed by atoms with van der Waals surface area (Å²) in [5.41, 5.74) is 1.46. The standard InChI is InChI=1S/C20H23O9P/c21-17-16(29-20(24)19(23)18(17)22)13-28-30(25,26-11-14-7-3-1-4-8-14)27-12-15-9-5-2-6-10-15/h1-10,16-19,21-23H,11-13H2/t16-,17-,18+,19-/m1/s1. The van der Waals surface area contributed by atoms with Gasteiger partial charge in [-0.1, -0.05) is 60.7 Å². The molecule has 0 amide bonds. The molecule has 2 aromatic carbocycles. The fraction of sp³-hybridized carbons (Fsp3) is 0.350. The van der Waals surface area contributed by atoms with E-state index in [-0.39, 0.29) is 13.2 Å². The SMILES string of the molecule is O=C1O[C@H](COP(=O)(OCc2ccccc2)OCc2ccccc2)[C@@H](O)[C@H](O)[C@H]1O. The van der Waals surface area contributed by atoms with Gasteiger partial charge in [-0.25, -0.2) is 9.36 Å².